The van der Waals surface area contributed by atoms with E-state index in [9.17, 15) is 0 Å². The van der Waals surface area contributed by atoms with Crippen molar-refractivity contribution in [2.75, 3.05) is 23.3 Å². The van der Waals surface area contributed by atoms with E-state index >= 15 is 0 Å². The van der Waals surface area contributed by atoms with Crippen LogP contribution in [0.15, 0.2) is 18.2 Å². The number of benzene rings is 1. The molecule has 1 aliphatic heterocycles. The van der Waals surface area contributed by atoms with Crippen molar-refractivity contribution in [1.82, 2.24) is 0 Å². The van der Waals surface area contributed by atoms with Gasteiger partial charge in [-0.15, -0.1) is 0 Å². The first-order valence-electron chi connectivity index (χ1n) is 6.11. The van der Waals surface area contributed by atoms with Gasteiger partial charge in [0, 0.05) is 24.1 Å². The van der Waals surface area contributed by atoms with E-state index in [0.717, 1.165) is 5.33 Å². The molecule has 2 rings (SSSR count). The molecule has 1 aromatic carbocycles. The Balaban J connectivity index is 2.19. The molecule has 1 atom stereocenters. The minimum absolute atomic E-state index is 0.715. The number of hydrogen-bond acceptors (Lipinski definition) is 1. The molecule has 1 aromatic rings. The number of anilines is 1. The second kappa shape index (κ2) is 5.22. The molecule has 1 unspecified atom stereocenters. The van der Waals surface area contributed by atoms with Crippen LogP contribution in [0.25, 0.3) is 0 Å². The molecule has 0 bridgehead atoms. The lowest BCUT2D eigenvalue weighted by atomic mass is 9.99. The summed E-state index contributed by atoms with van der Waals surface area (Å²) in [5.74, 6) is 0.715. The van der Waals surface area contributed by atoms with Crippen molar-refractivity contribution in [2.24, 2.45) is 5.92 Å². The van der Waals surface area contributed by atoms with Crippen LogP contribution in [-0.4, -0.2) is 18.4 Å². The summed E-state index contributed by atoms with van der Waals surface area (Å²) in [4.78, 5) is 2.55. The lowest BCUT2D eigenvalue weighted by Crippen LogP contribution is -2.33. The fourth-order valence-corrected chi connectivity index (χ4v) is 2.62. The first kappa shape index (κ1) is 12.0. The van der Waals surface area contributed by atoms with Gasteiger partial charge in [0.2, 0.25) is 0 Å². The third-order valence-corrected chi connectivity index (χ3v) is 4.35. The highest BCUT2D eigenvalue weighted by molar-refractivity contribution is 9.09. The van der Waals surface area contributed by atoms with Crippen LogP contribution in [0, 0.1) is 12.8 Å². The SMILES string of the molecule is Cc1ccc2c(c1)CCCN2CC(C)CBr. The van der Waals surface area contributed by atoms with Crippen LogP contribution in [0.3, 0.4) is 0 Å². The molecule has 0 amide bonds. The largest absolute Gasteiger partial charge is 0.371 e. The predicted molar refractivity (Wildman–Crippen MR) is 74.7 cm³/mol. The molecule has 2 heteroatoms. The third kappa shape index (κ3) is 2.60. The monoisotopic (exact) mass is 281 g/mol. The van der Waals surface area contributed by atoms with Crippen molar-refractivity contribution in [1.29, 1.82) is 0 Å². The molecule has 1 heterocycles. The van der Waals surface area contributed by atoms with E-state index in [2.05, 4.69) is 52.9 Å². The summed E-state index contributed by atoms with van der Waals surface area (Å²) in [5, 5.41) is 1.09. The number of nitrogens with zero attached hydrogens (tertiary/aromatic N) is 1. The van der Waals surface area contributed by atoms with Gasteiger partial charge in [-0.3, -0.25) is 0 Å². The standard InChI is InChI=1S/C14H20BrN/c1-11-5-6-14-13(8-11)4-3-7-16(14)10-12(2)9-15/h5-6,8,12H,3-4,7,9-10H2,1-2H3. The van der Waals surface area contributed by atoms with Crippen molar-refractivity contribution < 1.29 is 0 Å². The maximum Gasteiger partial charge on any atom is 0.0399 e. The third-order valence-electron chi connectivity index (χ3n) is 3.25. The first-order valence-corrected chi connectivity index (χ1v) is 7.23. The zero-order valence-electron chi connectivity index (χ0n) is 10.2. The molecular weight excluding hydrogens is 262 g/mol. The van der Waals surface area contributed by atoms with E-state index in [1.165, 1.54) is 42.7 Å². The minimum Gasteiger partial charge on any atom is -0.371 e. The summed E-state index contributed by atoms with van der Waals surface area (Å²) in [7, 11) is 0. The first-order chi connectivity index (χ1) is 7.70. The zero-order chi connectivity index (χ0) is 11.5. The Bertz CT molecular complexity index is 362. The number of rotatable bonds is 3. The number of alkyl halides is 1. The van der Waals surface area contributed by atoms with Gasteiger partial charge in [-0.05, 0) is 37.3 Å². The topological polar surface area (TPSA) is 3.24 Å². The summed E-state index contributed by atoms with van der Waals surface area (Å²) < 4.78 is 0. The van der Waals surface area contributed by atoms with Crippen molar-refractivity contribution in [3.63, 3.8) is 0 Å². The summed E-state index contributed by atoms with van der Waals surface area (Å²) in [5.41, 5.74) is 4.38. The smallest absolute Gasteiger partial charge is 0.0399 e. The molecule has 1 nitrogen and oxygen atoms in total. The fraction of sp³-hybridized carbons (Fsp3) is 0.571. The van der Waals surface area contributed by atoms with Crippen LogP contribution in [0.1, 0.15) is 24.5 Å². The molecule has 0 aliphatic carbocycles. The van der Waals surface area contributed by atoms with Gasteiger partial charge in [-0.25, -0.2) is 0 Å². The van der Waals surface area contributed by atoms with Crippen molar-refractivity contribution in [3.05, 3.63) is 29.3 Å². The number of halogens is 1. The van der Waals surface area contributed by atoms with Crippen LogP contribution in [-0.2, 0) is 6.42 Å². The molecule has 88 valence electrons. The Hall–Kier alpha value is -0.500. The average Bonchev–Trinajstić information content (AvgIpc) is 2.28. The van der Waals surface area contributed by atoms with E-state index in [0.29, 0.717) is 5.92 Å². The van der Waals surface area contributed by atoms with E-state index in [1.54, 1.807) is 0 Å². The molecule has 0 N–H and O–H groups in total. The minimum atomic E-state index is 0.715. The maximum atomic E-state index is 3.57. The van der Waals surface area contributed by atoms with Crippen molar-refractivity contribution >= 4 is 21.6 Å². The lowest BCUT2D eigenvalue weighted by Gasteiger charge is -2.33. The molecule has 1 aliphatic rings. The molecule has 0 radical (unpaired) electrons. The Kier molecular flexibility index (Phi) is 3.91. The predicted octanol–water partition coefficient (Wildman–Crippen LogP) is 3.78. The normalized spacial score (nSPS) is 17.1. The van der Waals surface area contributed by atoms with Crippen molar-refractivity contribution in [2.45, 2.75) is 26.7 Å². The fourth-order valence-electron chi connectivity index (χ4n) is 2.42. The number of hydrogen-bond donors (Lipinski definition) is 0. The Labute approximate surface area is 107 Å². The number of fused-ring (bicyclic) bond motifs is 1. The zero-order valence-corrected chi connectivity index (χ0v) is 11.8. The molecule has 0 aromatic heterocycles. The van der Waals surface area contributed by atoms with Gasteiger partial charge < -0.3 is 4.90 Å². The van der Waals surface area contributed by atoms with E-state index in [1.807, 2.05) is 0 Å². The second-order valence-electron chi connectivity index (χ2n) is 4.94. The van der Waals surface area contributed by atoms with Crippen molar-refractivity contribution in [3.8, 4) is 0 Å². The van der Waals surface area contributed by atoms with E-state index < -0.39 is 0 Å². The maximum absolute atomic E-state index is 3.57. The number of aryl methyl sites for hydroxylation is 2. The highest BCUT2D eigenvalue weighted by Gasteiger charge is 2.17. The van der Waals surface area contributed by atoms with Gasteiger partial charge in [0.1, 0.15) is 0 Å². The van der Waals surface area contributed by atoms with Crippen LogP contribution < -0.4 is 4.90 Å². The highest BCUT2D eigenvalue weighted by atomic mass is 79.9. The second-order valence-corrected chi connectivity index (χ2v) is 5.59. The molecule has 0 spiro atoms. The van der Waals surface area contributed by atoms with Crippen LogP contribution >= 0.6 is 15.9 Å². The average molecular weight is 282 g/mol. The summed E-state index contributed by atoms with van der Waals surface area (Å²) in [6.07, 6.45) is 2.54. The molecule has 0 saturated heterocycles. The van der Waals surface area contributed by atoms with E-state index in [4.69, 9.17) is 0 Å². The molecule has 0 fully saturated rings. The molecular formula is C14H20BrN. The Morgan fingerprint density at radius 1 is 1.44 bits per heavy atom. The van der Waals surface area contributed by atoms with E-state index in [-0.39, 0.29) is 0 Å². The summed E-state index contributed by atoms with van der Waals surface area (Å²) in [6, 6.07) is 6.88. The van der Waals surface area contributed by atoms with Crippen LogP contribution in [0.5, 0.6) is 0 Å². The molecule has 16 heavy (non-hydrogen) atoms. The van der Waals surface area contributed by atoms with Gasteiger partial charge >= 0.3 is 0 Å². The highest BCUT2D eigenvalue weighted by Crippen LogP contribution is 2.28. The quantitative estimate of drug-likeness (QED) is 0.763. The molecule has 0 saturated carbocycles. The van der Waals surface area contributed by atoms with Crippen LogP contribution in [0.2, 0.25) is 0 Å². The summed E-state index contributed by atoms with van der Waals surface area (Å²) in [6.45, 7) is 6.87. The van der Waals surface area contributed by atoms with Gasteiger partial charge in [-0.2, -0.15) is 0 Å². The van der Waals surface area contributed by atoms with Gasteiger partial charge in [0.25, 0.3) is 0 Å². The van der Waals surface area contributed by atoms with Crippen LogP contribution in [0.4, 0.5) is 5.69 Å². The Morgan fingerprint density at radius 2 is 2.25 bits per heavy atom. The summed E-state index contributed by atoms with van der Waals surface area (Å²) >= 11 is 3.57. The van der Waals surface area contributed by atoms with Gasteiger partial charge in [-0.1, -0.05) is 40.5 Å². The van der Waals surface area contributed by atoms with Gasteiger partial charge in [0.15, 0.2) is 0 Å². The lowest BCUT2D eigenvalue weighted by molar-refractivity contribution is 0.593. The Morgan fingerprint density at radius 3 is 3.00 bits per heavy atom. The van der Waals surface area contributed by atoms with Gasteiger partial charge in [0.05, 0.1) is 0 Å².